The number of hydrogen-bond acceptors (Lipinski definition) is 5. The number of hydrogen-bond donors (Lipinski definition) is 2. The van der Waals surface area contributed by atoms with E-state index in [-0.39, 0.29) is 21.9 Å². The lowest BCUT2D eigenvalue weighted by Gasteiger charge is -2.12. The number of anilines is 2. The quantitative estimate of drug-likeness (QED) is 0.396. The van der Waals surface area contributed by atoms with Crippen LogP contribution in [0.5, 0.6) is 0 Å². The number of amides is 2. The van der Waals surface area contributed by atoms with E-state index in [0.29, 0.717) is 21.7 Å². The van der Waals surface area contributed by atoms with Crippen molar-refractivity contribution in [2.24, 2.45) is 0 Å². The third-order valence-electron chi connectivity index (χ3n) is 5.04. The Kier molecular flexibility index (Phi) is 6.43. The van der Waals surface area contributed by atoms with E-state index in [1.165, 1.54) is 38.4 Å². The molecule has 0 radical (unpaired) electrons. The van der Waals surface area contributed by atoms with Gasteiger partial charge in [0.15, 0.2) is 0 Å². The van der Waals surface area contributed by atoms with Crippen molar-refractivity contribution in [1.29, 1.82) is 0 Å². The van der Waals surface area contributed by atoms with Crippen molar-refractivity contribution in [3.05, 3.63) is 89.1 Å². The summed E-state index contributed by atoms with van der Waals surface area (Å²) in [6.07, 6.45) is 0. The number of carbonyl (C=O) groups excluding carboxylic acids is 2. The van der Waals surface area contributed by atoms with Crippen LogP contribution in [0.15, 0.2) is 82.1 Å². The summed E-state index contributed by atoms with van der Waals surface area (Å²) in [5, 5.41) is 6.52. The molecule has 4 rings (SSSR count). The van der Waals surface area contributed by atoms with E-state index in [1.54, 1.807) is 48.5 Å². The highest BCUT2D eigenvalue weighted by atomic mass is 35.5. The van der Waals surface area contributed by atoms with Crippen LogP contribution < -0.4 is 10.6 Å². The number of para-hydroxylation sites is 1. The maximum absolute atomic E-state index is 13.0. The number of carbonyl (C=O) groups is 2. The van der Waals surface area contributed by atoms with E-state index >= 15 is 0 Å². The summed E-state index contributed by atoms with van der Waals surface area (Å²) in [4.78, 5) is 26.0. The zero-order valence-corrected chi connectivity index (χ0v) is 19.8. The van der Waals surface area contributed by atoms with Crippen molar-refractivity contribution < 1.29 is 22.4 Å². The molecule has 0 aliphatic heterocycles. The van der Waals surface area contributed by atoms with Gasteiger partial charge in [-0.1, -0.05) is 23.7 Å². The molecule has 0 fully saturated rings. The van der Waals surface area contributed by atoms with Crippen LogP contribution in [-0.2, 0) is 10.0 Å². The van der Waals surface area contributed by atoms with Crippen molar-refractivity contribution in [2.45, 2.75) is 4.90 Å². The molecule has 0 atom stereocenters. The largest absolute Gasteiger partial charge is 0.449 e. The summed E-state index contributed by atoms with van der Waals surface area (Å²) in [5.74, 6) is -1.15. The lowest BCUT2D eigenvalue weighted by molar-refractivity contribution is 0.0999. The third-order valence-corrected chi connectivity index (χ3v) is 7.12. The Balaban J connectivity index is 1.64. The normalized spacial score (nSPS) is 11.5. The lowest BCUT2D eigenvalue weighted by atomic mass is 10.1. The molecule has 34 heavy (non-hydrogen) atoms. The highest BCUT2D eigenvalue weighted by molar-refractivity contribution is 7.89. The van der Waals surface area contributed by atoms with Gasteiger partial charge in [0.1, 0.15) is 11.3 Å². The predicted molar refractivity (Wildman–Crippen MR) is 131 cm³/mol. The molecular formula is C24H20ClN3O5S. The van der Waals surface area contributed by atoms with Gasteiger partial charge in [0.05, 0.1) is 4.90 Å². The summed E-state index contributed by atoms with van der Waals surface area (Å²) in [5.41, 5.74) is 1.35. The van der Waals surface area contributed by atoms with Crippen LogP contribution in [0.3, 0.4) is 0 Å². The first kappa shape index (κ1) is 23.5. The number of fused-ring (bicyclic) bond motifs is 1. The second kappa shape index (κ2) is 9.30. The smallest absolute Gasteiger partial charge is 0.293 e. The summed E-state index contributed by atoms with van der Waals surface area (Å²) in [6.45, 7) is 0. The van der Waals surface area contributed by atoms with E-state index in [0.717, 1.165) is 4.31 Å². The number of sulfonamides is 1. The molecule has 4 aromatic rings. The third kappa shape index (κ3) is 4.67. The number of furan rings is 1. The molecule has 8 nitrogen and oxygen atoms in total. The zero-order chi connectivity index (χ0) is 24.5. The van der Waals surface area contributed by atoms with E-state index in [1.807, 2.05) is 0 Å². The molecule has 0 aliphatic carbocycles. The van der Waals surface area contributed by atoms with Crippen LogP contribution in [0, 0.1) is 0 Å². The Bertz CT molecular complexity index is 1480. The van der Waals surface area contributed by atoms with E-state index in [2.05, 4.69) is 10.6 Å². The molecule has 0 saturated heterocycles. The molecule has 2 amide bonds. The molecule has 1 aromatic heterocycles. The fraction of sp³-hybridized carbons (Fsp3) is 0.0833. The molecule has 1 heterocycles. The first-order valence-electron chi connectivity index (χ1n) is 10.1. The van der Waals surface area contributed by atoms with Gasteiger partial charge in [-0.05, 0) is 60.7 Å². The molecule has 10 heteroatoms. The number of nitrogens with zero attached hydrogens (tertiary/aromatic N) is 1. The van der Waals surface area contributed by atoms with Crippen LogP contribution >= 0.6 is 11.6 Å². The summed E-state index contributed by atoms with van der Waals surface area (Å²) >= 11 is 5.89. The van der Waals surface area contributed by atoms with Gasteiger partial charge < -0.3 is 15.1 Å². The highest BCUT2D eigenvalue weighted by Crippen LogP contribution is 2.32. The van der Waals surface area contributed by atoms with Crippen LogP contribution in [-0.4, -0.2) is 38.6 Å². The minimum Gasteiger partial charge on any atom is -0.449 e. The average molecular weight is 498 g/mol. The minimum atomic E-state index is -3.62. The highest BCUT2D eigenvalue weighted by Gasteiger charge is 2.23. The average Bonchev–Trinajstić information content (AvgIpc) is 3.19. The molecule has 0 unspecified atom stereocenters. The van der Waals surface area contributed by atoms with Crippen molar-refractivity contribution in [3.8, 4) is 0 Å². The molecule has 0 spiro atoms. The summed E-state index contributed by atoms with van der Waals surface area (Å²) in [6, 6.07) is 19.0. The van der Waals surface area contributed by atoms with Crippen molar-refractivity contribution in [3.63, 3.8) is 0 Å². The van der Waals surface area contributed by atoms with Gasteiger partial charge in [-0.2, -0.15) is 0 Å². The number of rotatable bonds is 6. The van der Waals surface area contributed by atoms with Crippen molar-refractivity contribution in [2.75, 3.05) is 24.7 Å². The van der Waals surface area contributed by atoms with Gasteiger partial charge in [-0.3, -0.25) is 9.59 Å². The first-order chi connectivity index (χ1) is 16.2. The van der Waals surface area contributed by atoms with Gasteiger partial charge >= 0.3 is 0 Å². The van der Waals surface area contributed by atoms with E-state index < -0.39 is 21.8 Å². The van der Waals surface area contributed by atoms with Crippen molar-refractivity contribution >= 4 is 55.8 Å². The predicted octanol–water partition coefficient (Wildman–Crippen LogP) is 4.84. The SMILES string of the molecule is CN(C)S(=O)(=O)c1ccc(C(=O)Nc2c(C(=O)Nc3ccc(Cl)cc3)oc3ccccc23)cc1. The molecule has 174 valence electrons. The Morgan fingerprint density at radius 1 is 0.853 bits per heavy atom. The molecule has 3 aromatic carbocycles. The Morgan fingerprint density at radius 3 is 2.15 bits per heavy atom. The van der Waals surface area contributed by atoms with Crippen LogP contribution in [0.2, 0.25) is 5.02 Å². The molecular weight excluding hydrogens is 478 g/mol. The van der Waals surface area contributed by atoms with Gasteiger partial charge in [0.2, 0.25) is 15.8 Å². The number of halogens is 1. The van der Waals surface area contributed by atoms with E-state index in [9.17, 15) is 18.0 Å². The second-order valence-electron chi connectivity index (χ2n) is 7.53. The van der Waals surface area contributed by atoms with E-state index in [4.69, 9.17) is 16.0 Å². The fourth-order valence-corrected chi connectivity index (χ4v) is 4.25. The molecule has 0 bridgehead atoms. The number of benzene rings is 3. The molecule has 0 saturated carbocycles. The molecule has 2 N–H and O–H groups in total. The fourth-order valence-electron chi connectivity index (χ4n) is 3.23. The topological polar surface area (TPSA) is 109 Å². The van der Waals surface area contributed by atoms with Crippen molar-refractivity contribution in [1.82, 2.24) is 4.31 Å². The van der Waals surface area contributed by atoms with Gasteiger partial charge in [-0.25, -0.2) is 12.7 Å². The second-order valence-corrected chi connectivity index (χ2v) is 10.1. The van der Waals surface area contributed by atoms with Crippen LogP contribution in [0.1, 0.15) is 20.9 Å². The Hall–Kier alpha value is -3.66. The van der Waals surface area contributed by atoms with Crippen LogP contribution in [0.25, 0.3) is 11.0 Å². The molecule has 0 aliphatic rings. The Labute approximate surface area is 201 Å². The Morgan fingerprint density at radius 2 is 1.50 bits per heavy atom. The van der Waals surface area contributed by atoms with Gasteiger partial charge in [0.25, 0.3) is 11.8 Å². The first-order valence-corrected chi connectivity index (χ1v) is 11.9. The monoisotopic (exact) mass is 497 g/mol. The zero-order valence-electron chi connectivity index (χ0n) is 18.2. The maximum Gasteiger partial charge on any atom is 0.293 e. The maximum atomic E-state index is 13.0. The number of nitrogens with one attached hydrogen (secondary N) is 2. The standard InChI is InChI=1S/C24H20ClN3O5S/c1-28(2)34(31,32)18-13-7-15(8-14-18)23(29)27-21-19-5-3-4-6-20(19)33-22(21)24(30)26-17-11-9-16(25)10-12-17/h3-14H,1-2H3,(H,26,30)(H,27,29). The van der Waals surface area contributed by atoms with Gasteiger partial charge in [-0.15, -0.1) is 0 Å². The summed E-state index contributed by atoms with van der Waals surface area (Å²) < 4.78 is 31.4. The van der Waals surface area contributed by atoms with Crippen LogP contribution in [0.4, 0.5) is 11.4 Å². The van der Waals surface area contributed by atoms with Gasteiger partial charge in [0, 0.05) is 35.8 Å². The minimum absolute atomic E-state index is 0.0610. The lowest BCUT2D eigenvalue weighted by Crippen LogP contribution is -2.22. The summed E-state index contributed by atoms with van der Waals surface area (Å²) in [7, 11) is -0.769.